The zero-order valence-corrected chi connectivity index (χ0v) is 23.9. The van der Waals surface area contributed by atoms with Gasteiger partial charge in [-0.15, -0.1) is 0 Å². The zero-order chi connectivity index (χ0) is 29.1. The van der Waals surface area contributed by atoms with E-state index in [1.165, 1.54) is 12.1 Å². The number of benzene rings is 3. The second kappa shape index (κ2) is 11.6. The summed E-state index contributed by atoms with van der Waals surface area (Å²) in [6, 6.07) is 19.1. The van der Waals surface area contributed by atoms with Crippen LogP contribution in [0.5, 0.6) is 11.5 Å². The van der Waals surface area contributed by atoms with Crippen molar-refractivity contribution in [2.75, 3.05) is 37.5 Å². The molecule has 41 heavy (non-hydrogen) atoms. The van der Waals surface area contributed by atoms with Crippen molar-refractivity contribution in [2.24, 2.45) is 5.41 Å². The molecule has 0 fully saturated rings. The molecule has 1 aliphatic heterocycles. The molecule has 2 aliphatic rings. The van der Waals surface area contributed by atoms with Crippen molar-refractivity contribution in [1.29, 1.82) is 0 Å². The molecule has 1 amide bonds. The Morgan fingerprint density at radius 1 is 1.05 bits per heavy atom. The number of nitrogens with zero attached hydrogens (tertiary/aromatic N) is 1. The summed E-state index contributed by atoms with van der Waals surface area (Å²) in [4.78, 5) is 29.4. The number of Topliss-reactive ketones (excluding diaryl/α,β-unsaturated/α-hetero) is 1. The predicted octanol–water partition coefficient (Wildman–Crippen LogP) is 5.82. The first-order chi connectivity index (χ1) is 19.7. The Hall–Kier alpha value is -4.33. The highest BCUT2D eigenvalue weighted by Gasteiger charge is 2.42. The Morgan fingerprint density at radius 3 is 2.54 bits per heavy atom. The number of halogens is 1. The monoisotopic (exact) mass is 557 g/mol. The van der Waals surface area contributed by atoms with Crippen LogP contribution in [0.25, 0.3) is 0 Å². The van der Waals surface area contributed by atoms with E-state index < -0.39 is 6.04 Å². The van der Waals surface area contributed by atoms with Crippen LogP contribution in [-0.4, -0.2) is 39.0 Å². The summed E-state index contributed by atoms with van der Waals surface area (Å²) in [5.41, 5.74) is 4.64. The molecule has 0 saturated heterocycles. The number of anilines is 2. The van der Waals surface area contributed by atoms with Gasteiger partial charge in [-0.25, -0.2) is 4.39 Å². The Kier molecular flexibility index (Phi) is 8.01. The molecular formula is C33H36FN3O4. The summed E-state index contributed by atoms with van der Waals surface area (Å²) in [5, 5.41) is 6.58. The molecule has 3 aromatic carbocycles. The number of fused-ring (bicyclic) bond motifs is 1. The molecule has 0 bridgehead atoms. The lowest BCUT2D eigenvalue weighted by Gasteiger charge is -2.38. The van der Waals surface area contributed by atoms with Crippen molar-refractivity contribution >= 4 is 23.1 Å². The number of ketones is 1. The minimum Gasteiger partial charge on any atom is -0.497 e. The molecular weight excluding hydrogens is 521 g/mol. The SMILES string of the molecule is COc1ccc(C2C3=C(CC(C)(C)CC3=O)Nc3ccccc3N2CC(=O)NCCc2ccc(F)cc2)c(OC)c1. The van der Waals surface area contributed by atoms with E-state index in [1.54, 1.807) is 32.4 Å². The summed E-state index contributed by atoms with van der Waals surface area (Å²) in [5.74, 6) is 0.766. The van der Waals surface area contributed by atoms with Crippen LogP contribution in [0.15, 0.2) is 78.0 Å². The molecule has 214 valence electrons. The number of hydrogen-bond donors (Lipinski definition) is 2. The Bertz CT molecular complexity index is 1480. The van der Waals surface area contributed by atoms with E-state index in [0.717, 1.165) is 28.2 Å². The van der Waals surface area contributed by atoms with Crippen molar-refractivity contribution in [1.82, 2.24) is 5.32 Å². The van der Waals surface area contributed by atoms with Gasteiger partial charge in [0.25, 0.3) is 0 Å². The lowest BCUT2D eigenvalue weighted by Crippen LogP contribution is -2.42. The lowest BCUT2D eigenvalue weighted by atomic mass is 9.73. The summed E-state index contributed by atoms with van der Waals surface area (Å²) in [6.07, 6.45) is 1.66. The van der Waals surface area contributed by atoms with E-state index in [2.05, 4.69) is 24.5 Å². The minimum absolute atomic E-state index is 0.00934. The summed E-state index contributed by atoms with van der Waals surface area (Å²) in [6.45, 7) is 4.61. The van der Waals surface area contributed by atoms with Crippen molar-refractivity contribution in [3.63, 3.8) is 0 Å². The van der Waals surface area contributed by atoms with Crippen molar-refractivity contribution in [2.45, 2.75) is 39.2 Å². The second-order valence-corrected chi connectivity index (χ2v) is 11.3. The molecule has 7 nitrogen and oxygen atoms in total. The number of nitrogens with one attached hydrogen (secondary N) is 2. The van der Waals surface area contributed by atoms with Crippen molar-refractivity contribution in [3.05, 3.63) is 94.9 Å². The Balaban J connectivity index is 1.55. The van der Waals surface area contributed by atoms with Gasteiger partial charge in [0.2, 0.25) is 5.91 Å². The average Bonchev–Trinajstić information content (AvgIpc) is 3.07. The molecule has 1 atom stereocenters. The highest BCUT2D eigenvalue weighted by Crippen LogP contribution is 2.49. The third-order valence-corrected chi connectivity index (χ3v) is 7.70. The topological polar surface area (TPSA) is 79.9 Å². The highest BCUT2D eigenvalue weighted by molar-refractivity contribution is 6.02. The van der Waals surface area contributed by atoms with Crippen LogP contribution < -0.4 is 25.0 Å². The quantitative estimate of drug-likeness (QED) is 0.364. The van der Waals surface area contributed by atoms with Gasteiger partial charge in [0, 0.05) is 35.9 Å². The van der Waals surface area contributed by atoms with E-state index >= 15 is 0 Å². The van der Waals surface area contributed by atoms with Crippen molar-refractivity contribution in [3.8, 4) is 11.5 Å². The lowest BCUT2D eigenvalue weighted by molar-refractivity contribution is -0.120. The smallest absolute Gasteiger partial charge is 0.239 e. The van der Waals surface area contributed by atoms with Gasteiger partial charge < -0.3 is 25.0 Å². The predicted molar refractivity (Wildman–Crippen MR) is 158 cm³/mol. The van der Waals surface area contributed by atoms with Gasteiger partial charge in [0.15, 0.2) is 5.78 Å². The van der Waals surface area contributed by atoms with Crippen LogP contribution in [0.2, 0.25) is 0 Å². The Morgan fingerprint density at radius 2 is 1.80 bits per heavy atom. The fraction of sp³-hybridized carbons (Fsp3) is 0.333. The minimum atomic E-state index is -0.576. The number of amides is 1. The van der Waals surface area contributed by atoms with Gasteiger partial charge in [-0.2, -0.15) is 0 Å². The van der Waals surface area contributed by atoms with E-state index in [4.69, 9.17) is 9.47 Å². The normalized spacial score (nSPS) is 17.6. The van der Waals surface area contributed by atoms with Crippen LogP contribution in [0, 0.1) is 11.2 Å². The van der Waals surface area contributed by atoms with Gasteiger partial charge >= 0.3 is 0 Å². The van der Waals surface area contributed by atoms with Crippen LogP contribution >= 0.6 is 0 Å². The molecule has 1 heterocycles. The van der Waals surface area contributed by atoms with E-state index in [9.17, 15) is 14.0 Å². The van der Waals surface area contributed by atoms with Gasteiger partial charge in [-0.3, -0.25) is 9.59 Å². The summed E-state index contributed by atoms with van der Waals surface area (Å²) in [7, 11) is 3.19. The molecule has 0 saturated carbocycles. The fourth-order valence-corrected chi connectivity index (χ4v) is 5.80. The maximum absolute atomic E-state index is 13.9. The molecule has 1 unspecified atom stereocenters. The maximum Gasteiger partial charge on any atom is 0.239 e. The van der Waals surface area contributed by atoms with Crippen LogP contribution in [-0.2, 0) is 16.0 Å². The average molecular weight is 558 g/mol. The summed E-state index contributed by atoms with van der Waals surface area (Å²) < 4.78 is 24.5. The van der Waals surface area contributed by atoms with Gasteiger partial charge in [-0.05, 0) is 60.2 Å². The Labute approximate surface area is 240 Å². The highest BCUT2D eigenvalue weighted by atomic mass is 19.1. The number of rotatable bonds is 8. The molecule has 0 aromatic heterocycles. The first-order valence-corrected chi connectivity index (χ1v) is 13.8. The first-order valence-electron chi connectivity index (χ1n) is 13.8. The third-order valence-electron chi connectivity index (χ3n) is 7.70. The molecule has 8 heteroatoms. The van der Waals surface area contributed by atoms with Crippen LogP contribution in [0.1, 0.15) is 43.9 Å². The standard InChI is InChI=1S/C33H36FN3O4/c1-33(2)18-26-31(28(38)19-33)32(24-14-13-23(40-3)17-29(24)41-4)37(27-8-6-5-7-25(27)36-26)20-30(39)35-16-15-21-9-11-22(34)12-10-21/h5-14,17,32,36H,15-16,18-20H2,1-4H3,(H,35,39). The fourth-order valence-electron chi connectivity index (χ4n) is 5.80. The molecule has 3 aromatic rings. The number of allylic oxidation sites excluding steroid dienone is 1. The number of carbonyl (C=O) groups is 2. The number of hydrogen-bond acceptors (Lipinski definition) is 6. The number of methoxy groups -OCH3 is 2. The van der Waals surface area contributed by atoms with Crippen LogP contribution in [0.3, 0.4) is 0 Å². The first kappa shape index (κ1) is 28.2. The molecule has 0 radical (unpaired) electrons. The van der Waals surface area contributed by atoms with Crippen molar-refractivity contribution < 1.29 is 23.5 Å². The van der Waals surface area contributed by atoms with Gasteiger partial charge in [-0.1, -0.05) is 38.1 Å². The zero-order valence-electron chi connectivity index (χ0n) is 23.9. The number of carbonyl (C=O) groups excluding carboxylic acids is 2. The van der Waals surface area contributed by atoms with Crippen LogP contribution in [0.4, 0.5) is 15.8 Å². The van der Waals surface area contributed by atoms with Gasteiger partial charge in [0.1, 0.15) is 17.3 Å². The van der Waals surface area contributed by atoms with E-state index in [-0.39, 0.29) is 29.5 Å². The molecule has 2 N–H and O–H groups in total. The van der Waals surface area contributed by atoms with E-state index in [0.29, 0.717) is 42.9 Å². The third kappa shape index (κ3) is 6.06. The van der Waals surface area contributed by atoms with Gasteiger partial charge in [0.05, 0.1) is 38.2 Å². The maximum atomic E-state index is 13.9. The second-order valence-electron chi connectivity index (χ2n) is 11.3. The molecule has 5 rings (SSSR count). The molecule has 1 aliphatic carbocycles. The largest absolute Gasteiger partial charge is 0.497 e. The number of para-hydroxylation sites is 2. The number of ether oxygens (including phenoxy) is 2. The van der Waals surface area contributed by atoms with E-state index in [1.807, 2.05) is 41.3 Å². The summed E-state index contributed by atoms with van der Waals surface area (Å²) >= 11 is 0. The molecule has 0 spiro atoms.